The Hall–Kier alpha value is -2.86. The fourth-order valence-electron chi connectivity index (χ4n) is 3.57. The molecule has 6 nitrogen and oxygen atoms in total. The van der Waals surface area contributed by atoms with E-state index in [1.807, 2.05) is 32.0 Å². The van der Waals surface area contributed by atoms with Crippen LogP contribution in [0.3, 0.4) is 0 Å². The Morgan fingerprint density at radius 2 is 1.79 bits per heavy atom. The summed E-state index contributed by atoms with van der Waals surface area (Å²) in [5, 5.41) is 3.35. The first-order chi connectivity index (χ1) is 13.8. The van der Waals surface area contributed by atoms with Crippen molar-refractivity contribution in [3.05, 3.63) is 58.6 Å². The molecule has 3 rings (SSSR count). The van der Waals surface area contributed by atoms with E-state index in [0.717, 1.165) is 16.8 Å². The van der Waals surface area contributed by atoms with Crippen LogP contribution in [0.25, 0.3) is 0 Å². The van der Waals surface area contributed by atoms with Crippen molar-refractivity contribution in [3.63, 3.8) is 0 Å². The number of amides is 3. The second-order valence-electron chi connectivity index (χ2n) is 7.37. The van der Waals surface area contributed by atoms with Crippen LogP contribution in [0.5, 0.6) is 0 Å². The van der Waals surface area contributed by atoms with Gasteiger partial charge in [-0.15, -0.1) is 0 Å². The molecule has 1 saturated heterocycles. The first-order valence-corrected chi connectivity index (χ1v) is 9.81. The maximum absolute atomic E-state index is 12.8. The van der Waals surface area contributed by atoms with Gasteiger partial charge >= 0.3 is 0 Å². The number of rotatable bonds is 5. The van der Waals surface area contributed by atoms with E-state index in [1.165, 1.54) is 9.80 Å². The third-order valence-electron chi connectivity index (χ3n) is 5.12. The fraction of sp³-hybridized carbons (Fsp3) is 0.318. The van der Waals surface area contributed by atoms with Crippen LogP contribution < -0.4 is 10.2 Å². The lowest BCUT2D eigenvalue weighted by atomic mass is 10.1. The van der Waals surface area contributed by atoms with Crippen molar-refractivity contribution in [3.8, 4) is 0 Å². The zero-order valence-corrected chi connectivity index (χ0v) is 17.5. The normalized spacial score (nSPS) is 16.1. The number of halogens is 1. The molecule has 1 aliphatic heterocycles. The van der Waals surface area contributed by atoms with Crippen LogP contribution in [0.4, 0.5) is 11.4 Å². The molecule has 152 valence electrons. The number of nitrogens with one attached hydrogen (secondary N) is 1. The Kier molecular flexibility index (Phi) is 6.23. The number of hydrogen-bond acceptors (Lipinski definition) is 3. The molecular formula is C22H24ClN3O3. The van der Waals surface area contributed by atoms with Crippen molar-refractivity contribution >= 4 is 40.7 Å². The minimum absolute atomic E-state index is 0.0800. The van der Waals surface area contributed by atoms with Gasteiger partial charge in [0, 0.05) is 25.7 Å². The van der Waals surface area contributed by atoms with Gasteiger partial charge in [0.1, 0.15) is 0 Å². The Morgan fingerprint density at radius 1 is 1.14 bits per heavy atom. The van der Waals surface area contributed by atoms with Gasteiger partial charge in [0.15, 0.2) is 0 Å². The average molecular weight is 414 g/mol. The van der Waals surface area contributed by atoms with Gasteiger partial charge in [0.25, 0.3) is 0 Å². The van der Waals surface area contributed by atoms with E-state index in [0.29, 0.717) is 10.7 Å². The lowest BCUT2D eigenvalue weighted by Crippen LogP contribution is -2.39. The number of benzene rings is 2. The highest BCUT2D eigenvalue weighted by Gasteiger charge is 2.37. The molecule has 1 atom stereocenters. The van der Waals surface area contributed by atoms with Crippen LogP contribution in [-0.2, 0) is 14.4 Å². The van der Waals surface area contributed by atoms with E-state index < -0.39 is 5.92 Å². The summed E-state index contributed by atoms with van der Waals surface area (Å²) in [6.45, 7) is 4.02. The molecule has 2 aromatic carbocycles. The maximum atomic E-state index is 12.8. The highest BCUT2D eigenvalue weighted by atomic mass is 35.5. The highest BCUT2D eigenvalue weighted by Crippen LogP contribution is 2.31. The number of likely N-dealkylation sites (N-methyl/N-ethyl adjacent to an activating group) is 1. The number of anilines is 2. The predicted octanol–water partition coefficient (Wildman–Crippen LogP) is 3.41. The Morgan fingerprint density at radius 3 is 2.45 bits per heavy atom. The van der Waals surface area contributed by atoms with E-state index in [4.69, 9.17) is 11.6 Å². The van der Waals surface area contributed by atoms with Gasteiger partial charge in [0.2, 0.25) is 17.7 Å². The summed E-state index contributed by atoms with van der Waals surface area (Å²) < 4.78 is 0. The van der Waals surface area contributed by atoms with Gasteiger partial charge in [-0.2, -0.15) is 0 Å². The smallest absolute Gasteiger partial charge is 0.243 e. The zero-order valence-electron chi connectivity index (χ0n) is 16.7. The van der Waals surface area contributed by atoms with E-state index in [1.54, 1.807) is 31.3 Å². The third kappa shape index (κ3) is 4.59. The lowest BCUT2D eigenvalue weighted by Gasteiger charge is -2.22. The van der Waals surface area contributed by atoms with Crippen molar-refractivity contribution < 1.29 is 14.4 Å². The second-order valence-corrected chi connectivity index (χ2v) is 7.77. The minimum Gasteiger partial charge on any atom is -0.336 e. The standard InChI is InChI=1S/C22H24ClN3O3/c1-14-7-6-8-15(2)21(14)24-19(27)13-25(3)22(29)16-11-20(28)26(12-16)18-10-5-4-9-17(18)23/h4-10,16H,11-13H2,1-3H3,(H,24,27). The molecule has 0 bridgehead atoms. The van der Waals surface area contributed by atoms with Gasteiger partial charge < -0.3 is 15.1 Å². The number of aryl methyl sites for hydroxylation is 2. The Bertz CT molecular complexity index is 940. The summed E-state index contributed by atoms with van der Waals surface area (Å²) >= 11 is 6.19. The number of carbonyl (C=O) groups is 3. The molecule has 0 saturated carbocycles. The molecule has 1 aliphatic rings. The van der Waals surface area contributed by atoms with Crippen molar-refractivity contribution in [1.82, 2.24) is 4.90 Å². The summed E-state index contributed by atoms with van der Waals surface area (Å²) in [6, 6.07) is 12.8. The zero-order chi connectivity index (χ0) is 21.1. The largest absolute Gasteiger partial charge is 0.336 e. The fourth-order valence-corrected chi connectivity index (χ4v) is 3.81. The van der Waals surface area contributed by atoms with Crippen LogP contribution in [0, 0.1) is 19.8 Å². The summed E-state index contributed by atoms with van der Waals surface area (Å²) in [5.41, 5.74) is 3.29. The molecule has 2 aromatic rings. The molecule has 29 heavy (non-hydrogen) atoms. The van der Waals surface area contributed by atoms with Crippen molar-refractivity contribution in [2.45, 2.75) is 20.3 Å². The maximum Gasteiger partial charge on any atom is 0.243 e. The summed E-state index contributed by atoms with van der Waals surface area (Å²) in [7, 11) is 1.58. The molecule has 1 fully saturated rings. The molecule has 0 spiro atoms. The topological polar surface area (TPSA) is 69.7 Å². The first-order valence-electron chi connectivity index (χ1n) is 9.44. The van der Waals surface area contributed by atoms with Crippen LogP contribution in [0.15, 0.2) is 42.5 Å². The first kappa shape index (κ1) is 20.9. The molecule has 0 aromatic heterocycles. The third-order valence-corrected chi connectivity index (χ3v) is 5.44. The minimum atomic E-state index is -0.503. The SMILES string of the molecule is Cc1cccc(C)c1NC(=O)CN(C)C(=O)C1CC(=O)N(c2ccccc2Cl)C1. The van der Waals surface area contributed by atoms with Gasteiger partial charge in [-0.3, -0.25) is 14.4 Å². The highest BCUT2D eigenvalue weighted by molar-refractivity contribution is 6.33. The van der Waals surface area contributed by atoms with Gasteiger partial charge in [-0.25, -0.2) is 0 Å². The van der Waals surface area contributed by atoms with Crippen LogP contribution >= 0.6 is 11.6 Å². The molecule has 0 aliphatic carbocycles. The molecule has 7 heteroatoms. The number of para-hydroxylation sites is 2. The number of hydrogen-bond donors (Lipinski definition) is 1. The molecule has 1 unspecified atom stereocenters. The monoisotopic (exact) mass is 413 g/mol. The molecule has 0 radical (unpaired) electrons. The Balaban J connectivity index is 1.62. The van der Waals surface area contributed by atoms with Crippen LogP contribution in [-0.4, -0.2) is 42.8 Å². The summed E-state index contributed by atoms with van der Waals surface area (Å²) in [6.07, 6.45) is 0.104. The number of carbonyl (C=O) groups excluding carboxylic acids is 3. The Labute approximate surface area is 175 Å². The van der Waals surface area contributed by atoms with Gasteiger partial charge in [0.05, 0.1) is 23.2 Å². The van der Waals surface area contributed by atoms with Crippen molar-refractivity contribution in [2.75, 3.05) is 30.4 Å². The average Bonchev–Trinajstić information content (AvgIpc) is 3.06. The number of nitrogens with zero attached hydrogens (tertiary/aromatic N) is 2. The van der Waals surface area contributed by atoms with E-state index >= 15 is 0 Å². The quantitative estimate of drug-likeness (QED) is 0.816. The summed E-state index contributed by atoms with van der Waals surface area (Å²) in [4.78, 5) is 40.6. The van der Waals surface area contributed by atoms with E-state index in [9.17, 15) is 14.4 Å². The van der Waals surface area contributed by atoms with Crippen LogP contribution in [0.2, 0.25) is 5.02 Å². The molecule has 3 amide bonds. The van der Waals surface area contributed by atoms with E-state index in [-0.39, 0.29) is 37.2 Å². The van der Waals surface area contributed by atoms with Crippen LogP contribution in [0.1, 0.15) is 17.5 Å². The van der Waals surface area contributed by atoms with E-state index in [2.05, 4.69) is 5.32 Å². The lowest BCUT2D eigenvalue weighted by molar-refractivity contribution is -0.137. The van der Waals surface area contributed by atoms with Gasteiger partial charge in [-0.1, -0.05) is 41.9 Å². The molecule has 1 heterocycles. The van der Waals surface area contributed by atoms with Crippen molar-refractivity contribution in [2.24, 2.45) is 5.92 Å². The van der Waals surface area contributed by atoms with Crippen molar-refractivity contribution in [1.29, 1.82) is 0 Å². The molecular weight excluding hydrogens is 390 g/mol. The predicted molar refractivity (Wildman–Crippen MR) is 114 cm³/mol. The molecule has 1 N–H and O–H groups in total. The second kappa shape index (κ2) is 8.66. The summed E-state index contributed by atoms with van der Waals surface area (Å²) in [5.74, 6) is -1.16. The van der Waals surface area contributed by atoms with Gasteiger partial charge in [-0.05, 0) is 37.1 Å².